The lowest BCUT2D eigenvalue weighted by Crippen LogP contribution is -2.29. The Morgan fingerprint density at radius 2 is 1.93 bits per heavy atom. The van der Waals surface area contributed by atoms with E-state index in [2.05, 4.69) is 77.5 Å². The number of rotatable bonds is 6. The Kier molecular flexibility index (Phi) is 5.67. The van der Waals surface area contributed by atoms with Crippen LogP contribution in [-0.2, 0) is 4.74 Å². The number of fused-ring (bicyclic) bond motifs is 2. The first-order valence-electron chi connectivity index (χ1n) is 10.1. The van der Waals surface area contributed by atoms with Gasteiger partial charge < -0.3 is 19.4 Å². The van der Waals surface area contributed by atoms with Crippen LogP contribution in [0.3, 0.4) is 0 Å². The molecule has 1 aromatic heterocycles. The summed E-state index contributed by atoms with van der Waals surface area (Å²) in [5.41, 5.74) is 4.65. The van der Waals surface area contributed by atoms with Gasteiger partial charge in [-0.25, -0.2) is 4.98 Å². The Hall–Kier alpha value is -3.05. The summed E-state index contributed by atoms with van der Waals surface area (Å²) in [6, 6.07) is 14.6. The van der Waals surface area contributed by atoms with Gasteiger partial charge in [0.1, 0.15) is 5.76 Å². The Morgan fingerprint density at radius 1 is 1.10 bits per heavy atom. The first-order valence-corrected chi connectivity index (χ1v) is 10.1. The summed E-state index contributed by atoms with van der Waals surface area (Å²) < 4.78 is 5.56. The molecular formula is C24H28N4O. The number of benzene rings is 1. The number of hydrogen-bond donors (Lipinski definition) is 0. The molecule has 1 aliphatic carbocycles. The van der Waals surface area contributed by atoms with E-state index in [4.69, 9.17) is 9.72 Å². The summed E-state index contributed by atoms with van der Waals surface area (Å²) in [6.07, 6.45) is 10.3. The predicted octanol–water partition coefficient (Wildman–Crippen LogP) is 4.69. The van der Waals surface area contributed by atoms with E-state index in [0.717, 1.165) is 48.9 Å². The van der Waals surface area contributed by atoms with Gasteiger partial charge in [0.05, 0.1) is 18.5 Å². The van der Waals surface area contributed by atoms with Gasteiger partial charge in [0.15, 0.2) is 5.82 Å². The lowest BCUT2D eigenvalue weighted by molar-refractivity contribution is 0.304. The molecule has 5 nitrogen and oxygen atoms in total. The van der Waals surface area contributed by atoms with Crippen molar-refractivity contribution in [2.75, 3.05) is 44.1 Å². The van der Waals surface area contributed by atoms with Crippen molar-refractivity contribution in [3.05, 3.63) is 84.0 Å². The van der Waals surface area contributed by atoms with Crippen LogP contribution >= 0.6 is 0 Å². The zero-order chi connectivity index (χ0) is 20.2. The molecule has 2 heterocycles. The summed E-state index contributed by atoms with van der Waals surface area (Å²) in [5.74, 6) is 1.88. The maximum Gasteiger partial charge on any atom is 0.157 e. The fourth-order valence-corrected chi connectivity index (χ4v) is 3.81. The summed E-state index contributed by atoms with van der Waals surface area (Å²) in [6.45, 7) is 1.92. The van der Waals surface area contributed by atoms with Crippen LogP contribution in [0.2, 0.25) is 0 Å². The van der Waals surface area contributed by atoms with Crippen molar-refractivity contribution in [3.63, 3.8) is 0 Å². The Labute approximate surface area is 173 Å². The summed E-state index contributed by atoms with van der Waals surface area (Å²) in [4.78, 5) is 11.6. The zero-order valence-corrected chi connectivity index (χ0v) is 17.4. The van der Waals surface area contributed by atoms with Crippen molar-refractivity contribution in [1.82, 2.24) is 9.88 Å². The third-order valence-electron chi connectivity index (χ3n) is 5.25. The summed E-state index contributed by atoms with van der Waals surface area (Å²) in [7, 11) is 5.96. The highest BCUT2D eigenvalue weighted by Gasteiger charge is 2.28. The fraction of sp³-hybridized carbons (Fsp3) is 0.292. The minimum Gasteiger partial charge on any atom is -0.497 e. The second-order valence-electron chi connectivity index (χ2n) is 7.56. The Morgan fingerprint density at radius 3 is 2.69 bits per heavy atom. The minimum absolute atomic E-state index is 0.830. The Bertz CT molecular complexity index is 946. The largest absolute Gasteiger partial charge is 0.497 e. The number of nitrogens with zero attached hydrogens (tertiary/aromatic N) is 4. The van der Waals surface area contributed by atoms with E-state index in [9.17, 15) is 0 Å². The first kappa shape index (κ1) is 19.3. The van der Waals surface area contributed by atoms with E-state index in [0.29, 0.717) is 0 Å². The second kappa shape index (κ2) is 8.53. The second-order valence-corrected chi connectivity index (χ2v) is 7.56. The topological polar surface area (TPSA) is 31.8 Å². The molecule has 0 saturated carbocycles. The SMILES string of the molecule is COC1=CCC2=CN(c3ccccc3)c3cccnc3N(CCCN(C)C)C2=C1. The van der Waals surface area contributed by atoms with Gasteiger partial charge in [-0.1, -0.05) is 18.2 Å². The van der Waals surface area contributed by atoms with Crippen LogP contribution in [0.1, 0.15) is 12.8 Å². The number of aromatic nitrogens is 1. The molecule has 2 aromatic rings. The standard InChI is InChI=1S/C24H28N4O/c1-26(2)15-8-16-27-23-17-21(29-3)13-12-19(23)18-28(20-9-5-4-6-10-20)22-11-7-14-25-24(22)27/h4-7,9-11,13-14,17-18H,8,12,15-16H2,1-3H3. The minimum atomic E-state index is 0.830. The lowest BCUT2D eigenvalue weighted by atomic mass is 10.0. The number of ether oxygens (including phenoxy) is 1. The molecular weight excluding hydrogens is 360 g/mol. The van der Waals surface area contributed by atoms with E-state index in [1.54, 1.807) is 7.11 Å². The molecule has 2 aliphatic rings. The van der Waals surface area contributed by atoms with Crippen LogP contribution < -0.4 is 9.80 Å². The normalized spacial score (nSPS) is 15.8. The molecule has 0 unspecified atom stereocenters. The maximum absolute atomic E-state index is 5.56. The van der Waals surface area contributed by atoms with E-state index >= 15 is 0 Å². The van der Waals surface area contributed by atoms with Crippen LogP contribution in [0, 0.1) is 0 Å². The van der Waals surface area contributed by atoms with E-state index in [-0.39, 0.29) is 0 Å². The van der Waals surface area contributed by atoms with Gasteiger partial charge in [0, 0.05) is 30.7 Å². The van der Waals surface area contributed by atoms with Gasteiger partial charge in [-0.05, 0) is 69.4 Å². The highest BCUT2D eigenvalue weighted by atomic mass is 16.5. The average molecular weight is 389 g/mol. The molecule has 4 rings (SSSR count). The molecule has 0 spiro atoms. The number of para-hydroxylation sites is 1. The number of allylic oxidation sites excluding steroid dienone is 3. The zero-order valence-electron chi connectivity index (χ0n) is 17.4. The van der Waals surface area contributed by atoms with Crippen LogP contribution in [0.4, 0.5) is 17.2 Å². The molecule has 0 atom stereocenters. The predicted molar refractivity (Wildman–Crippen MR) is 119 cm³/mol. The van der Waals surface area contributed by atoms with Gasteiger partial charge in [0.2, 0.25) is 0 Å². The van der Waals surface area contributed by atoms with Gasteiger partial charge >= 0.3 is 0 Å². The molecule has 0 amide bonds. The number of hydrogen-bond acceptors (Lipinski definition) is 5. The highest BCUT2D eigenvalue weighted by molar-refractivity contribution is 5.81. The first-order chi connectivity index (χ1) is 14.2. The van der Waals surface area contributed by atoms with Crippen molar-refractivity contribution in [2.24, 2.45) is 0 Å². The molecule has 0 bridgehead atoms. The Balaban J connectivity index is 1.83. The molecule has 1 aliphatic heterocycles. The van der Waals surface area contributed by atoms with Gasteiger partial charge in [-0.15, -0.1) is 0 Å². The van der Waals surface area contributed by atoms with Gasteiger partial charge in [-0.3, -0.25) is 0 Å². The molecule has 150 valence electrons. The third-order valence-corrected chi connectivity index (χ3v) is 5.25. The molecule has 0 N–H and O–H groups in total. The van der Waals surface area contributed by atoms with Crippen LogP contribution in [0.5, 0.6) is 0 Å². The van der Waals surface area contributed by atoms with E-state index in [1.807, 2.05) is 18.3 Å². The molecule has 29 heavy (non-hydrogen) atoms. The van der Waals surface area contributed by atoms with Crippen molar-refractivity contribution < 1.29 is 4.74 Å². The summed E-state index contributed by atoms with van der Waals surface area (Å²) >= 11 is 0. The fourth-order valence-electron chi connectivity index (χ4n) is 3.81. The van der Waals surface area contributed by atoms with E-state index in [1.165, 1.54) is 11.3 Å². The molecule has 5 heteroatoms. The van der Waals surface area contributed by atoms with Crippen molar-refractivity contribution in [2.45, 2.75) is 12.8 Å². The smallest absolute Gasteiger partial charge is 0.157 e. The van der Waals surface area contributed by atoms with Crippen LogP contribution in [-0.4, -0.2) is 44.2 Å². The number of pyridine rings is 1. The van der Waals surface area contributed by atoms with Gasteiger partial charge in [0.25, 0.3) is 0 Å². The number of anilines is 3. The van der Waals surface area contributed by atoms with E-state index < -0.39 is 0 Å². The van der Waals surface area contributed by atoms with Crippen molar-refractivity contribution in [3.8, 4) is 0 Å². The average Bonchev–Trinajstić information content (AvgIpc) is 2.89. The third kappa shape index (κ3) is 4.05. The highest BCUT2D eigenvalue weighted by Crippen LogP contribution is 2.41. The van der Waals surface area contributed by atoms with Crippen LogP contribution in [0.15, 0.2) is 84.0 Å². The quantitative estimate of drug-likeness (QED) is 0.717. The van der Waals surface area contributed by atoms with Gasteiger partial charge in [-0.2, -0.15) is 0 Å². The monoisotopic (exact) mass is 388 g/mol. The maximum atomic E-state index is 5.56. The lowest BCUT2D eigenvalue weighted by Gasteiger charge is -2.29. The van der Waals surface area contributed by atoms with Crippen molar-refractivity contribution in [1.29, 1.82) is 0 Å². The molecule has 0 fully saturated rings. The molecule has 0 saturated heterocycles. The molecule has 1 aromatic carbocycles. The van der Waals surface area contributed by atoms with Crippen molar-refractivity contribution >= 4 is 17.2 Å². The summed E-state index contributed by atoms with van der Waals surface area (Å²) in [5, 5.41) is 0. The number of methoxy groups -OCH3 is 1. The molecule has 0 radical (unpaired) electrons. The van der Waals surface area contributed by atoms with Crippen LogP contribution in [0.25, 0.3) is 0 Å².